The van der Waals surface area contributed by atoms with Crippen LogP contribution < -0.4 is 11.5 Å². The molecule has 0 aromatic heterocycles. The van der Waals surface area contributed by atoms with Gasteiger partial charge in [0.15, 0.2) is 0 Å². The topological polar surface area (TPSA) is 78.3 Å². The van der Waals surface area contributed by atoms with Crippen LogP contribution >= 0.6 is 15.9 Å². The van der Waals surface area contributed by atoms with Crippen molar-refractivity contribution in [2.45, 2.75) is 0 Å². The highest BCUT2D eigenvalue weighted by atomic mass is 79.9. The number of nitrogens with two attached hydrogens (primary N) is 2. The van der Waals surface area contributed by atoms with Crippen molar-refractivity contribution in [3.05, 3.63) is 34.6 Å². The lowest BCUT2D eigenvalue weighted by atomic mass is 10.4. The SMILES string of the molecule is COC(=O)/C=C/C(Br)=C\C(N)=C\N. The third-order valence-corrected chi connectivity index (χ3v) is 1.57. The first-order valence-electron chi connectivity index (χ1n) is 3.40. The van der Waals surface area contributed by atoms with Crippen LogP contribution in [0.1, 0.15) is 0 Å². The third-order valence-electron chi connectivity index (χ3n) is 1.08. The summed E-state index contributed by atoms with van der Waals surface area (Å²) in [5.41, 5.74) is 10.9. The van der Waals surface area contributed by atoms with Crippen LogP contribution in [-0.2, 0) is 9.53 Å². The Balaban J connectivity index is 4.30. The number of ether oxygens (including phenoxy) is 1. The summed E-state index contributed by atoms with van der Waals surface area (Å²) in [6.07, 6.45) is 5.61. The number of methoxy groups -OCH3 is 1. The molecule has 0 bridgehead atoms. The summed E-state index contributed by atoms with van der Waals surface area (Å²) in [4.78, 5) is 10.6. The van der Waals surface area contributed by atoms with Crippen molar-refractivity contribution in [1.82, 2.24) is 0 Å². The van der Waals surface area contributed by atoms with Crippen LogP contribution in [0.2, 0.25) is 0 Å². The second-order valence-corrected chi connectivity index (χ2v) is 2.97. The predicted molar refractivity (Wildman–Crippen MR) is 54.6 cm³/mol. The predicted octanol–water partition coefficient (Wildman–Crippen LogP) is 0.753. The van der Waals surface area contributed by atoms with E-state index < -0.39 is 5.97 Å². The van der Waals surface area contributed by atoms with E-state index >= 15 is 0 Å². The molecule has 0 atom stereocenters. The number of hydrogen-bond acceptors (Lipinski definition) is 4. The summed E-state index contributed by atoms with van der Waals surface area (Å²) < 4.78 is 5.02. The fourth-order valence-electron chi connectivity index (χ4n) is 0.471. The number of carbonyl (C=O) groups is 1. The number of allylic oxidation sites excluding steroid dienone is 3. The van der Waals surface area contributed by atoms with Crippen molar-refractivity contribution in [2.24, 2.45) is 11.5 Å². The molecule has 0 fully saturated rings. The van der Waals surface area contributed by atoms with Gasteiger partial charge in [0.05, 0.1) is 7.11 Å². The van der Waals surface area contributed by atoms with E-state index in [-0.39, 0.29) is 0 Å². The van der Waals surface area contributed by atoms with Gasteiger partial charge < -0.3 is 16.2 Å². The Labute approximate surface area is 85.0 Å². The summed E-state index contributed by atoms with van der Waals surface area (Å²) >= 11 is 3.17. The largest absolute Gasteiger partial charge is 0.466 e. The lowest BCUT2D eigenvalue weighted by molar-refractivity contribution is -0.134. The van der Waals surface area contributed by atoms with E-state index in [0.29, 0.717) is 10.2 Å². The van der Waals surface area contributed by atoms with E-state index in [1.807, 2.05) is 0 Å². The maximum Gasteiger partial charge on any atom is 0.330 e. The minimum Gasteiger partial charge on any atom is -0.466 e. The van der Waals surface area contributed by atoms with Gasteiger partial charge in [-0.3, -0.25) is 0 Å². The molecule has 0 spiro atoms. The quantitative estimate of drug-likeness (QED) is 0.438. The normalized spacial score (nSPS) is 13.4. The molecule has 72 valence electrons. The highest BCUT2D eigenvalue weighted by Crippen LogP contribution is 2.08. The molecule has 4 nitrogen and oxygen atoms in total. The van der Waals surface area contributed by atoms with E-state index in [0.717, 1.165) is 0 Å². The smallest absolute Gasteiger partial charge is 0.330 e. The summed E-state index contributed by atoms with van der Waals surface area (Å²) in [6.45, 7) is 0. The summed E-state index contributed by atoms with van der Waals surface area (Å²) in [5, 5.41) is 0. The highest BCUT2D eigenvalue weighted by Gasteiger charge is 1.91. The molecule has 0 unspecified atom stereocenters. The first kappa shape index (κ1) is 11.8. The van der Waals surface area contributed by atoms with Crippen molar-refractivity contribution in [1.29, 1.82) is 0 Å². The van der Waals surface area contributed by atoms with E-state index in [2.05, 4.69) is 20.7 Å². The molecule has 0 aliphatic rings. The van der Waals surface area contributed by atoms with Crippen LogP contribution in [0.3, 0.4) is 0 Å². The first-order chi connectivity index (χ1) is 6.10. The number of hydrogen-bond donors (Lipinski definition) is 2. The summed E-state index contributed by atoms with van der Waals surface area (Å²) in [7, 11) is 1.30. The zero-order valence-electron chi connectivity index (χ0n) is 7.16. The monoisotopic (exact) mass is 246 g/mol. The average molecular weight is 247 g/mol. The van der Waals surface area contributed by atoms with E-state index in [9.17, 15) is 4.79 Å². The van der Waals surface area contributed by atoms with Gasteiger partial charge >= 0.3 is 5.97 Å². The third kappa shape index (κ3) is 5.98. The Bertz CT molecular complexity index is 269. The Morgan fingerprint density at radius 2 is 2.08 bits per heavy atom. The molecule has 0 saturated carbocycles. The molecule has 0 radical (unpaired) electrons. The molecule has 0 aromatic rings. The van der Waals surface area contributed by atoms with Crippen molar-refractivity contribution in [3.63, 3.8) is 0 Å². The van der Waals surface area contributed by atoms with Crippen molar-refractivity contribution in [2.75, 3.05) is 7.11 Å². The fraction of sp³-hybridized carbons (Fsp3) is 0.125. The van der Waals surface area contributed by atoms with Crippen LogP contribution in [0.4, 0.5) is 0 Å². The standard InChI is InChI=1S/C8H11BrN2O2/c1-13-8(12)3-2-6(9)4-7(11)5-10/h2-5H,10-11H2,1H3/b3-2+,6-4+,7-5-. The van der Waals surface area contributed by atoms with Gasteiger partial charge in [0.25, 0.3) is 0 Å². The van der Waals surface area contributed by atoms with Crippen LogP contribution in [-0.4, -0.2) is 13.1 Å². The van der Waals surface area contributed by atoms with Gasteiger partial charge in [0, 0.05) is 22.5 Å². The van der Waals surface area contributed by atoms with Gasteiger partial charge in [-0.25, -0.2) is 4.79 Å². The Morgan fingerprint density at radius 1 is 1.46 bits per heavy atom. The van der Waals surface area contributed by atoms with Gasteiger partial charge in [-0.2, -0.15) is 0 Å². The Kier molecular flexibility index (Phi) is 5.71. The number of rotatable bonds is 3. The van der Waals surface area contributed by atoms with Crippen molar-refractivity contribution < 1.29 is 9.53 Å². The molecule has 13 heavy (non-hydrogen) atoms. The fourth-order valence-corrected chi connectivity index (χ4v) is 0.868. The van der Waals surface area contributed by atoms with Gasteiger partial charge in [0.2, 0.25) is 0 Å². The lowest BCUT2D eigenvalue weighted by Crippen LogP contribution is -1.97. The second kappa shape index (κ2) is 6.30. The first-order valence-corrected chi connectivity index (χ1v) is 4.20. The molecule has 4 N–H and O–H groups in total. The zero-order chi connectivity index (χ0) is 10.3. The molecule has 0 amide bonds. The molecule has 0 heterocycles. The van der Waals surface area contributed by atoms with Gasteiger partial charge in [-0.05, 0) is 12.2 Å². The Hall–Kier alpha value is -1.23. The van der Waals surface area contributed by atoms with Gasteiger partial charge in [0.1, 0.15) is 0 Å². The highest BCUT2D eigenvalue weighted by molar-refractivity contribution is 9.11. The molecular weight excluding hydrogens is 236 g/mol. The molecular formula is C8H11BrN2O2. The van der Waals surface area contributed by atoms with Crippen LogP contribution in [0.15, 0.2) is 34.6 Å². The molecule has 0 rings (SSSR count). The molecule has 0 saturated heterocycles. The molecule has 5 heteroatoms. The minimum absolute atomic E-state index is 0.404. The summed E-state index contributed by atoms with van der Waals surface area (Å²) in [5.74, 6) is -0.430. The summed E-state index contributed by atoms with van der Waals surface area (Å²) in [6, 6.07) is 0. The van der Waals surface area contributed by atoms with Gasteiger partial charge in [-0.1, -0.05) is 15.9 Å². The molecule has 0 aromatic carbocycles. The van der Waals surface area contributed by atoms with Crippen molar-refractivity contribution >= 4 is 21.9 Å². The van der Waals surface area contributed by atoms with E-state index in [4.69, 9.17) is 11.5 Å². The molecule has 0 aliphatic heterocycles. The van der Waals surface area contributed by atoms with E-state index in [1.165, 1.54) is 25.5 Å². The van der Waals surface area contributed by atoms with Crippen LogP contribution in [0, 0.1) is 0 Å². The van der Waals surface area contributed by atoms with Gasteiger partial charge in [-0.15, -0.1) is 0 Å². The van der Waals surface area contributed by atoms with Crippen molar-refractivity contribution in [3.8, 4) is 0 Å². The molecule has 0 aliphatic carbocycles. The van der Waals surface area contributed by atoms with E-state index in [1.54, 1.807) is 6.08 Å². The maximum atomic E-state index is 10.6. The second-order valence-electron chi connectivity index (χ2n) is 2.05. The van der Waals surface area contributed by atoms with Crippen LogP contribution in [0.5, 0.6) is 0 Å². The number of esters is 1. The zero-order valence-corrected chi connectivity index (χ0v) is 8.74. The number of carbonyl (C=O) groups excluding carboxylic acids is 1. The maximum absolute atomic E-state index is 10.6. The number of halogens is 1. The van der Waals surface area contributed by atoms with Crippen LogP contribution in [0.25, 0.3) is 0 Å². The minimum atomic E-state index is -0.430. The average Bonchev–Trinajstić information content (AvgIpc) is 2.13. The lowest BCUT2D eigenvalue weighted by Gasteiger charge is -1.92. The Morgan fingerprint density at radius 3 is 2.54 bits per heavy atom.